The third-order valence-electron chi connectivity index (χ3n) is 3.16. The molecule has 0 saturated carbocycles. The monoisotopic (exact) mass is 361 g/mol. The Kier molecular flexibility index (Phi) is 6.02. The molecule has 1 unspecified atom stereocenters. The van der Waals surface area contributed by atoms with E-state index in [1.807, 2.05) is 0 Å². The summed E-state index contributed by atoms with van der Waals surface area (Å²) < 4.78 is 68.0. The van der Waals surface area contributed by atoms with Gasteiger partial charge in [0.1, 0.15) is 24.2 Å². The van der Waals surface area contributed by atoms with Crippen LogP contribution in [0.15, 0.2) is 22.6 Å². The Hall–Kier alpha value is -2.55. The van der Waals surface area contributed by atoms with E-state index < -0.39 is 47.6 Å². The highest BCUT2D eigenvalue weighted by atomic mass is 19.2. The van der Waals surface area contributed by atoms with Gasteiger partial charge in [0.2, 0.25) is 11.6 Å². The van der Waals surface area contributed by atoms with Gasteiger partial charge in [0, 0.05) is 12.5 Å². The van der Waals surface area contributed by atoms with E-state index in [2.05, 4.69) is 0 Å². The Bertz CT molecular complexity index is 737. The molecule has 0 radical (unpaired) electrons. The number of hydrogen-bond acceptors (Lipinski definition) is 5. The van der Waals surface area contributed by atoms with Crippen LogP contribution in [0.4, 0.5) is 17.6 Å². The molecule has 0 saturated heterocycles. The summed E-state index contributed by atoms with van der Waals surface area (Å²) in [7, 11) is 0. The summed E-state index contributed by atoms with van der Waals surface area (Å²) in [6, 6.07) is 2.04. The summed E-state index contributed by atoms with van der Waals surface area (Å²) in [5.41, 5.74) is 5.63. The molecular formula is C16H15F4NO4. The van der Waals surface area contributed by atoms with Crippen molar-refractivity contribution in [1.29, 1.82) is 0 Å². The Balaban J connectivity index is 2.02. The van der Waals surface area contributed by atoms with Crippen molar-refractivity contribution >= 4 is 5.97 Å². The molecule has 0 spiro atoms. The molecule has 0 aliphatic rings. The number of carbonyl (C=O) groups excluding carboxylic acids is 1. The minimum absolute atomic E-state index is 0.0378. The summed E-state index contributed by atoms with van der Waals surface area (Å²) >= 11 is 0. The lowest BCUT2D eigenvalue weighted by atomic mass is 10.2. The molecule has 2 rings (SSSR count). The van der Waals surface area contributed by atoms with Gasteiger partial charge in [-0.1, -0.05) is 0 Å². The maximum Gasteiger partial charge on any atom is 0.323 e. The van der Waals surface area contributed by atoms with Gasteiger partial charge in [0.05, 0.1) is 6.61 Å². The van der Waals surface area contributed by atoms with Crippen molar-refractivity contribution in [3.63, 3.8) is 0 Å². The standard InChI is InChI=1S/C16H15F4NO4/c1-2-23-16(22)12(21)5-8-3-4-9(25-8)7-24-15-13(19)10(17)6-11(18)14(15)20/h3-4,6,12H,2,5,7,21H2,1H3. The fraction of sp³-hybridized carbons (Fsp3) is 0.312. The fourth-order valence-electron chi connectivity index (χ4n) is 1.98. The van der Waals surface area contributed by atoms with Crippen LogP contribution in [0.5, 0.6) is 5.75 Å². The topological polar surface area (TPSA) is 74.7 Å². The number of carbonyl (C=O) groups is 1. The third kappa shape index (κ3) is 4.50. The summed E-state index contributed by atoms with van der Waals surface area (Å²) in [6.45, 7) is 1.34. The summed E-state index contributed by atoms with van der Waals surface area (Å²) in [4.78, 5) is 11.4. The van der Waals surface area contributed by atoms with E-state index >= 15 is 0 Å². The predicted molar refractivity (Wildman–Crippen MR) is 77.6 cm³/mol. The SMILES string of the molecule is CCOC(=O)C(N)Cc1ccc(COc2c(F)c(F)cc(F)c2F)o1. The maximum atomic E-state index is 13.5. The smallest absolute Gasteiger partial charge is 0.323 e. The molecule has 2 N–H and O–H groups in total. The fourth-order valence-corrected chi connectivity index (χ4v) is 1.98. The lowest BCUT2D eigenvalue weighted by Crippen LogP contribution is -2.34. The minimum Gasteiger partial charge on any atom is -0.479 e. The van der Waals surface area contributed by atoms with E-state index in [9.17, 15) is 22.4 Å². The minimum atomic E-state index is -1.64. The molecule has 0 bridgehead atoms. The molecule has 5 nitrogen and oxygen atoms in total. The molecule has 1 aromatic heterocycles. The van der Waals surface area contributed by atoms with Gasteiger partial charge in [-0.05, 0) is 19.1 Å². The van der Waals surface area contributed by atoms with Crippen molar-refractivity contribution in [1.82, 2.24) is 0 Å². The van der Waals surface area contributed by atoms with Gasteiger partial charge in [-0.3, -0.25) is 4.79 Å². The lowest BCUT2D eigenvalue weighted by molar-refractivity contribution is -0.144. The molecule has 1 aromatic carbocycles. The number of esters is 1. The highest BCUT2D eigenvalue weighted by molar-refractivity contribution is 5.75. The van der Waals surface area contributed by atoms with Gasteiger partial charge in [0.25, 0.3) is 0 Å². The van der Waals surface area contributed by atoms with Crippen molar-refractivity contribution < 1.29 is 36.2 Å². The number of nitrogens with two attached hydrogens (primary N) is 1. The number of halogens is 4. The quantitative estimate of drug-likeness (QED) is 0.466. The molecule has 2 aromatic rings. The van der Waals surface area contributed by atoms with Crippen LogP contribution in [-0.2, 0) is 22.6 Å². The van der Waals surface area contributed by atoms with Crippen molar-refractivity contribution in [3.05, 3.63) is 53.0 Å². The highest BCUT2D eigenvalue weighted by Gasteiger charge is 2.21. The van der Waals surface area contributed by atoms with Crippen molar-refractivity contribution in [2.75, 3.05) is 6.61 Å². The van der Waals surface area contributed by atoms with Crippen LogP contribution in [0.2, 0.25) is 0 Å². The van der Waals surface area contributed by atoms with Gasteiger partial charge in [0.15, 0.2) is 17.4 Å². The molecule has 25 heavy (non-hydrogen) atoms. The van der Waals surface area contributed by atoms with Crippen LogP contribution in [-0.4, -0.2) is 18.6 Å². The first-order chi connectivity index (χ1) is 11.8. The van der Waals surface area contributed by atoms with Crippen LogP contribution in [0.1, 0.15) is 18.4 Å². The van der Waals surface area contributed by atoms with Crippen LogP contribution in [0.3, 0.4) is 0 Å². The molecule has 1 atom stereocenters. The summed E-state index contributed by atoms with van der Waals surface area (Å²) in [6.07, 6.45) is 0.0378. The number of hydrogen-bond donors (Lipinski definition) is 1. The first kappa shape index (κ1) is 18.8. The third-order valence-corrected chi connectivity index (χ3v) is 3.16. The predicted octanol–water partition coefficient (Wildman–Crippen LogP) is 2.85. The van der Waals surface area contributed by atoms with E-state index in [1.165, 1.54) is 12.1 Å². The average Bonchev–Trinajstić information content (AvgIpc) is 3.00. The van der Waals surface area contributed by atoms with E-state index in [4.69, 9.17) is 19.6 Å². The Morgan fingerprint density at radius 2 is 1.76 bits per heavy atom. The molecule has 0 fully saturated rings. The lowest BCUT2D eigenvalue weighted by Gasteiger charge is -2.09. The second-order valence-electron chi connectivity index (χ2n) is 5.02. The summed E-state index contributed by atoms with van der Waals surface area (Å²) in [5.74, 6) is -7.79. The van der Waals surface area contributed by atoms with Crippen LogP contribution < -0.4 is 10.5 Å². The Morgan fingerprint density at radius 1 is 1.16 bits per heavy atom. The Labute approximate surface area is 140 Å². The number of ether oxygens (including phenoxy) is 2. The van der Waals surface area contributed by atoms with Gasteiger partial charge < -0.3 is 19.6 Å². The van der Waals surface area contributed by atoms with Crippen molar-refractivity contribution in [2.24, 2.45) is 5.73 Å². The highest BCUT2D eigenvalue weighted by Crippen LogP contribution is 2.27. The number of furan rings is 1. The Morgan fingerprint density at radius 3 is 2.36 bits per heavy atom. The van der Waals surface area contributed by atoms with Gasteiger partial charge in [-0.15, -0.1) is 0 Å². The van der Waals surface area contributed by atoms with Crippen LogP contribution in [0.25, 0.3) is 0 Å². The molecule has 9 heteroatoms. The number of rotatable bonds is 7. The normalized spacial score (nSPS) is 12.1. The van der Waals surface area contributed by atoms with E-state index in [1.54, 1.807) is 6.92 Å². The first-order valence-electron chi connectivity index (χ1n) is 7.29. The maximum absolute atomic E-state index is 13.5. The van der Waals surface area contributed by atoms with Gasteiger partial charge in [-0.2, -0.15) is 8.78 Å². The molecule has 136 valence electrons. The van der Waals surface area contributed by atoms with Crippen LogP contribution >= 0.6 is 0 Å². The molecule has 1 heterocycles. The van der Waals surface area contributed by atoms with Gasteiger partial charge >= 0.3 is 5.97 Å². The summed E-state index contributed by atoms with van der Waals surface area (Å²) in [5, 5.41) is 0. The van der Waals surface area contributed by atoms with E-state index in [0.29, 0.717) is 5.76 Å². The average molecular weight is 361 g/mol. The van der Waals surface area contributed by atoms with Crippen molar-refractivity contribution in [3.8, 4) is 5.75 Å². The zero-order chi connectivity index (χ0) is 18.6. The zero-order valence-electron chi connectivity index (χ0n) is 13.2. The van der Waals surface area contributed by atoms with Crippen molar-refractivity contribution in [2.45, 2.75) is 26.0 Å². The number of benzene rings is 1. The largest absolute Gasteiger partial charge is 0.479 e. The van der Waals surface area contributed by atoms with E-state index in [-0.39, 0.29) is 24.9 Å². The van der Waals surface area contributed by atoms with E-state index in [0.717, 1.165) is 0 Å². The molecular weight excluding hydrogens is 346 g/mol. The molecule has 0 aliphatic carbocycles. The zero-order valence-corrected chi connectivity index (χ0v) is 13.2. The second-order valence-corrected chi connectivity index (χ2v) is 5.02. The molecule has 0 amide bonds. The van der Waals surface area contributed by atoms with Gasteiger partial charge in [-0.25, -0.2) is 8.78 Å². The first-order valence-corrected chi connectivity index (χ1v) is 7.29. The second kappa shape index (κ2) is 8.02. The molecule has 0 aliphatic heterocycles. The van der Waals surface area contributed by atoms with Crippen LogP contribution in [0, 0.1) is 23.3 Å².